The number of carbonyl (C=O) groups is 1. The molecule has 0 aromatic carbocycles. The number of piperidine rings is 1. The zero-order chi connectivity index (χ0) is 15.5. The van der Waals surface area contributed by atoms with Crippen molar-refractivity contribution in [2.24, 2.45) is 11.8 Å². The van der Waals surface area contributed by atoms with Crippen LogP contribution in [0.3, 0.4) is 0 Å². The fraction of sp³-hybridized carbons (Fsp3) is 0.929. The van der Waals surface area contributed by atoms with Gasteiger partial charge in [-0.2, -0.15) is 0 Å². The lowest BCUT2D eigenvalue weighted by Crippen LogP contribution is -2.44. The van der Waals surface area contributed by atoms with E-state index in [-0.39, 0.29) is 29.6 Å². The maximum atomic E-state index is 12.1. The predicted molar refractivity (Wildman–Crippen MR) is 80.1 cm³/mol. The van der Waals surface area contributed by atoms with Crippen molar-refractivity contribution in [3.63, 3.8) is 0 Å². The van der Waals surface area contributed by atoms with Gasteiger partial charge in [-0.1, -0.05) is 6.42 Å². The van der Waals surface area contributed by atoms with Gasteiger partial charge in [0.15, 0.2) is 0 Å². The highest BCUT2D eigenvalue weighted by molar-refractivity contribution is 7.89. The van der Waals surface area contributed by atoms with Gasteiger partial charge in [0.1, 0.15) is 0 Å². The molecule has 2 N–H and O–H groups in total. The van der Waals surface area contributed by atoms with Gasteiger partial charge in [-0.3, -0.25) is 4.79 Å². The maximum absolute atomic E-state index is 12.1. The van der Waals surface area contributed by atoms with Crippen LogP contribution in [0.1, 0.15) is 39.0 Å². The lowest BCUT2D eigenvalue weighted by molar-refractivity contribution is -0.126. The first kappa shape index (κ1) is 16.7. The van der Waals surface area contributed by atoms with Gasteiger partial charge in [0.25, 0.3) is 0 Å². The van der Waals surface area contributed by atoms with Gasteiger partial charge in [-0.25, -0.2) is 12.7 Å². The molecule has 1 amide bonds. The SMILES string of the molecule is CCS(=O)(=O)N1CCC(C(=O)NCC2CCCC2O)CC1. The first-order valence-electron chi connectivity index (χ1n) is 7.87. The summed E-state index contributed by atoms with van der Waals surface area (Å²) in [5.41, 5.74) is 0. The molecular formula is C14H26N2O4S. The topological polar surface area (TPSA) is 86.7 Å². The van der Waals surface area contributed by atoms with Crippen LogP contribution in [0.4, 0.5) is 0 Å². The first-order chi connectivity index (χ1) is 9.94. The van der Waals surface area contributed by atoms with Crippen molar-refractivity contribution < 1.29 is 18.3 Å². The molecule has 1 saturated heterocycles. The largest absolute Gasteiger partial charge is 0.393 e. The zero-order valence-electron chi connectivity index (χ0n) is 12.6. The number of rotatable bonds is 5. The second kappa shape index (κ2) is 7.07. The second-order valence-electron chi connectivity index (χ2n) is 6.08. The fourth-order valence-electron chi connectivity index (χ4n) is 3.21. The van der Waals surface area contributed by atoms with Gasteiger partial charge in [0.05, 0.1) is 11.9 Å². The number of amides is 1. The molecule has 0 radical (unpaired) electrons. The molecule has 0 spiro atoms. The monoisotopic (exact) mass is 318 g/mol. The molecule has 0 bridgehead atoms. The fourth-order valence-corrected chi connectivity index (χ4v) is 4.34. The summed E-state index contributed by atoms with van der Waals surface area (Å²) in [5, 5.41) is 12.7. The van der Waals surface area contributed by atoms with E-state index in [9.17, 15) is 18.3 Å². The average Bonchev–Trinajstić information content (AvgIpc) is 2.90. The van der Waals surface area contributed by atoms with Crippen LogP contribution in [-0.4, -0.2) is 55.2 Å². The molecule has 2 rings (SSSR count). The molecule has 0 aromatic rings. The number of hydrogen-bond acceptors (Lipinski definition) is 4. The van der Waals surface area contributed by atoms with Crippen molar-refractivity contribution in [1.82, 2.24) is 9.62 Å². The Morgan fingerprint density at radius 2 is 1.90 bits per heavy atom. The Morgan fingerprint density at radius 1 is 1.24 bits per heavy atom. The highest BCUT2D eigenvalue weighted by Crippen LogP contribution is 2.25. The van der Waals surface area contributed by atoms with Crippen LogP contribution >= 0.6 is 0 Å². The van der Waals surface area contributed by atoms with Gasteiger partial charge in [-0.05, 0) is 32.6 Å². The van der Waals surface area contributed by atoms with E-state index in [0.29, 0.717) is 32.5 Å². The Kier molecular flexibility index (Phi) is 5.62. The van der Waals surface area contributed by atoms with Gasteiger partial charge in [0, 0.05) is 31.5 Å². The Morgan fingerprint density at radius 3 is 2.43 bits per heavy atom. The minimum Gasteiger partial charge on any atom is -0.393 e. The van der Waals surface area contributed by atoms with Crippen LogP contribution in [0.25, 0.3) is 0 Å². The molecule has 2 fully saturated rings. The van der Waals surface area contributed by atoms with Crippen molar-refractivity contribution in [2.75, 3.05) is 25.4 Å². The summed E-state index contributed by atoms with van der Waals surface area (Å²) in [6.07, 6.45) is 3.69. The van der Waals surface area contributed by atoms with Gasteiger partial charge in [-0.15, -0.1) is 0 Å². The minimum absolute atomic E-state index is 0.00245. The highest BCUT2D eigenvalue weighted by Gasteiger charge is 2.31. The molecule has 2 unspecified atom stereocenters. The Bertz CT molecular complexity index is 458. The standard InChI is InChI=1S/C14H26N2O4S/c1-2-21(19,20)16-8-6-11(7-9-16)14(18)15-10-12-4-3-5-13(12)17/h11-13,17H,2-10H2,1H3,(H,15,18). The summed E-state index contributed by atoms with van der Waals surface area (Å²) >= 11 is 0. The third kappa shape index (κ3) is 4.17. The molecule has 122 valence electrons. The number of nitrogens with zero attached hydrogens (tertiary/aromatic N) is 1. The molecule has 0 aromatic heterocycles. The van der Waals surface area contributed by atoms with Crippen LogP contribution in [0.2, 0.25) is 0 Å². The summed E-state index contributed by atoms with van der Waals surface area (Å²) in [6, 6.07) is 0. The van der Waals surface area contributed by atoms with E-state index >= 15 is 0 Å². The van der Waals surface area contributed by atoms with Gasteiger partial charge in [0.2, 0.25) is 15.9 Å². The van der Waals surface area contributed by atoms with Crippen LogP contribution in [0, 0.1) is 11.8 Å². The third-order valence-electron chi connectivity index (χ3n) is 4.74. The number of nitrogens with one attached hydrogen (secondary N) is 1. The quantitative estimate of drug-likeness (QED) is 0.764. The lowest BCUT2D eigenvalue weighted by atomic mass is 9.96. The molecule has 2 aliphatic rings. The Hall–Kier alpha value is -0.660. The van der Waals surface area contributed by atoms with E-state index in [1.807, 2.05) is 0 Å². The molecule has 7 heteroatoms. The van der Waals surface area contributed by atoms with Crippen molar-refractivity contribution in [2.45, 2.75) is 45.1 Å². The maximum Gasteiger partial charge on any atom is 0.223 e. The summed E-state index contributed by atoms with van der Waals surface area (Å²) in [6.45, 7) is 3.04. The molecule has 21 heavy (non-hydrogen) atoms. The predicted octanol–water partition coefficient (Wildman–Crippen LogP) is 0.325. The first-order valence-corrected chi connectivity index (χ1v) is 9.48. The number of carbonyl (C=O) groups excluding carboxylic acids is 1. The minimum atomic E-state index is -3.13. The van der Waals surface area contributed by atoms with Crippen molar-refractivity contribution in [3.8, 4) is 0 Å². The van der Waals surface area contributed by atoms with Crippen LogP contribution < -0.4 is 5.32 Å². The van der Waals surface area contributed by atoms with Crippen LogP contribution in [0.5, 0.6) is 0 Å². The number of aliphatic hydroxyl groups is 1. The smallest absolute Gasteiger partial charge is 0.223 e. The number of aliphatic hydroxyl groups excluding tert-OH is 1. The summed E-state index contributed by atoms with van der Waals surface area (Å²) in [4.78, 5) is 12.1. The summed E-state index contributed by atoms with van der Waals surface area (Å²) in [5.74, 6) is 0.188. The van der Waals surface area contributed by atoms with Crippen molar-refractivity contribution in [1.29, 1.82) is 0 Å². The van der Waals surface area contributed by atoms with E-state index in [0.717, 1.165) is 19.3 Å². The number of sulfonamides is 1. The molecule has 1 heterocycles. The van der Waals surface area contributed by atoms with E-state index < -0.39 is 10.0 Å². The molecular weight excluding hydrogens is 292 g/mol. The molecule has 2 atom stereocenters. The molecule has 1 aliphatic carbocycles. The molecule has 1 aliphatic heterocycles. The van der Waals surface area contributed by atoms with E-state index in [1.54, 1.807) is 6.92 Å². The highest BCUT2D eigenvalue weighted by atomic mass is 32.2. The molecule has 6 nitrogen and oxygen atoms in total. The van der Waals surface area contributed by atoms with Crippen molar-refractivity contribution >= 4 is 15.9 Å². The Labute approximate surface area is 126 Å². The van der Waals surface area contributed by atoms with Gasteiger partial charge < -0.3 is 10.4 Å². The second-order valence-corrected chi connectivity index (χ2v) is 8.33. The van der Waals surface area contributed by atoms with Crippen LogP contribution in [-0.2, 0) is 14.8 Å². The summed E-state index contributed by atoms with van der Waals surface area (Å²) in [7, 11) is -3.13. The van der Waals surface area contributed by atoms with Crippen LogP contribution in [0.15, 0.2) is 0 Å². The summed E-state index contributed by atoms with van der Waals surface area (Å²) < 4.78 is 25.0. The zero-order valence-corrected chi connectivity index (χ0v) is 13.4. The van der Waals surface area contributed by atoms with E-state index in [1.165, 1.54) is 4.31 Å². The van der Waals surface area contributed by atoms with E-state index in [2.05, 4.69) is 5.32 Å². The average molecular weight is 318 g/mol. The molecule has 1 saturated carbocycles. The Balaban J connectivity index is 1.75. The van der Waals surface area contributed by atoms with Gasteiger partial charge >= 0.3 is 0 Å². The number of hydrogen-bond donors (Lipinski definition) is 2. The van der Waals surface area contributed by atoms with E-state index in [4.69, 9.17) is 0 Å². The third-order valence-corrected chi connectivity index (χ3v) is 6.62. The van der Waals surface area contributed by atoms with Crippen molar-refractivity contribution in [3.05, 3.63) is 0 Å². The lowest BCUT2D eigenvalue weighted by Gasteiger charge is -2.30. The normalized spacial score (nSPS) is 28.7.